The third-order valence-electron chi connectivity index (χ3n) is 3.15. The number of hydrogen-bond acceptors (Lipinski definition) is 5. The van der Waals surface area contributed by atoms with Gasteiger partial charge in [0.05, 0.1) is 17.0 Å². The Kier molecular flexibility index (Phi) is 3.64. The molecule has 0 amide bonds. The average Bonchev–Trinajstić information content (AvgIpc) is 2.24. The molecule has 2 heterocycles. The van der Waals surface area contributed by atoms with E-state index >= 15 is 0 Å². The van der Waals surface area contributed by atoms with Gasteiger partial charge in [0.2, 0.25) is 5.28 Å². The van der Waals surface area contributed by atoms with Crippen LogP contribution in [-0.2, 0) is 4.74 Å². The highest BCUT2D eigenvalue weighted by Crippen LogP contribution is 2.28. The Morgan fingerprint density at radius 1 is 1.44 bits per heavy atom. The molecule has 3 N–H and O–H groups in total. The first-order valence-electron chi connectivity index (χ1n) is 6.07. The first kappa shape index (κ1) is 13.4. The van der Waals surface area contributed by atoms with Crippen molar-refractivity contribution in [3.63, 3.8) is 0 Å². The highest BCUT2D eigenvalue weighted by molar-refractivity contribution is 6.28. The molecule has 0 aliphatic carbocycles. The molecule has 0 spiro atoms. The number of aryl methyl sites for hydroxylation is 1. The van der Waals surface area contributed by atoms with Crippen LogP contribution >= 0.6 is 11.6 Å². The predicted octanol–water partition coefficient (Wildman–Crippen LogP) is 2.39. The Labute approximate surface area is 112 Å². The fraction of sp³-hybridized carbons (Fsp3) is 0.667. The number of nitrogens with zero attached hydrogens (tertiary/aromatic N) is 2. The predicted molar refractivity (Wildman–Crippen MR) is 72.9 cm³/mol. The van der Waals surface area contributed by atoms with Crippen LogP contribution in [-0.4, -0.2) is 28.2 Å². The van der Waals surface area contributed by atoms with Gasteiger partial charge in [-0.2, -0.15) is 4.98 Å². The molecule has 0 bridgehead atoms. The maximum atomic E-state index is 5.96. The number of aromatic nitrogens is 2. The topological polar surface area (TPSA) is 73.1 Å². The monoisotopic (exact) mass is 270 g/mol. The molecule has 1 unspecified atom stereocenters. The first-order chi connectivity index (χ1) is 8.37. The molecule has 1 aromatic rings. The minimum atomic E-state index is -0.115. The van der Waals surface area contributed by atoms with Crippen molar-refractivity contribution in [3.05, 3.63) is 11.0 Å². The van der Waals surface area contributed by atoms with E-state index in [0.717, 1.165) is 19.4 Å². The van der Waals surface area contributed by atoms with Gasteiger partial charge in [-0.15, -0.1) is 0 Å². The van der Waals surface area contributed by atoms with Crippen molar-refractivity contribution in [1.82, 2.24) is 9.97 Å². The zero-order valence-electron chi connectivity index (χ0n) is 11.0. The van der Waals surface area contributed by atoms with Gasteiger partial charge in [-0.3, -0.25) is 0 Å². The molecule has 1 aromatic heterocycles. The van der Waals surface area contributed by atoms with E-state index in [4.69, 9.17) is 22.1 Å². The summed E-state index contributed by atoms with van der Waals surface area (Å²) in [5, 5.41) is 3.56. The molecule has 100 valence electrons. The molecule has 5 nitrogen and oxygen atoms in total. The Balaban J connectivity index is 2.14. The van der Waals surface area contributed by atoms with Crippen LogP contribution in [0.25, 0.3) is 0 Å². The van der Waals surface area contributed by atoms with Gasteiger partial charge in [0.15, 0.2) is 5.82 Å². The molecule has 1 fully saturated rings. The van der Waals surface area contributed by atoms with Gasteiger partial charge >= 0.3 is 0 Å². The van der Waals surface area contributed by atoms with Gasteiger partial charge in [-0.1, -0.05) is 0 Å². The lowest BCUT2D eigenvalue weighted by Crippen LogP contribution is -2.40. The molecule has 2 rings (SSSR count). The van der Waals surface area contributed by atoms with E-state index in [-0.39, 0.29) is 10.9 Å². The maximum absolute atomic E-state index is 5.96. The highest BCUT2D eigenvalue weighted by atomic mass is 35.5. The lowest BCUT2D eigenvalue weighted by Gasteiger charge is -2.36. The smallest absolute Gasteiger partial charge is 0.224 e. The Morgan fingerprint density at radius 2 is 2.17 bits per heavy atom. The number of halogens is 1. The summed E-state index contributed by atoms with van der Waals surface area (Å²) in [6.07, 6.45) is 1.84. The number of nitrogens with one attached hydrogen (secondary N) is 1. The second-order valence-corrected chi connectivity index (χ2v) is 5.62. The van der Waals surface area contributed by atoms with Crippen molar-refractivity contribution in [1.29, 1.82) is 0 Å². The van der Waals surface area contributed by atoms with Gasteiger partial charge in [0.25, 0.3) is 0 Å². The number of ether oxygens (including phenoxy) is 1. The number of hydrogen-bond donors (Lipinski definition) is 2. The van der Waals surface area contributed by atoms with Gasteiger partial charge < -0.3 is 15.8 Å². The van der Waals surface area contributed by atoms with Crippen LogP contribution < -0.4 is 11.1 Å². The van der Waals surface area contributed by atoms with E-state index < -0.39 is 0 Å². The second-order valence-electron chi connectivity index (χ2n) is 5.28. The molecule has 0 saturated carbocycles. The number of rotatable bonds is 2. The van der Waals surface area contributed by atoms with Gasteiger partial charge in [-0.05, 0) is 45.2 Å². The standard InChI is InChI=1S/C12H19ClN4O/c1-7-9(14)10(17-11(13)15-7)16-8-4-5-18-12(2,3)6-8/h8H,4-6,14H2,1-3H3,(H,15,16,17). The quantitative estimate of drug-likeness (QED) is 0.808. The van der Waals surface area contributed by atoms with Crippen LogP contribution in [0.4, 0.5) is 11.5 Å². The summed E-state index contributed by atoms with van der Waals surface area (Å²) in [7, 11) is 0. The molecule has 1 aliphatic rings. The van der Waals surface area contributed by atoms with Crippen molar-refractivity contribution in [2.75, 3.05) is 17.7 Å². The van der Waals surface area contributed by atoms with E-state index in [1.165, 1.54) is 0 Å². The van der Waals surface area contributed by atoms with Crippen LogP contribution in [0.2, 0.25) is 5.28 Å². The van der Waals surface area contributed by atoms with E-state index in [0.29, 0.717) is 23.2 Å². The van der Waals surface area contributed by atoms with E-state index in [1.54, 1.807) is 0 Å². The molecule has 0 aromatic carbocycles. The molecule has 1 aliphatic heterocycles. The van der Waals surface area contributed by atoms with Crippen molar-refractivity contribution in [2.45, 2.75) is 45.3 Å². The molecule has 18 heavy (non-hydrogen) atoms. The SMILES string of the molecule is Cc1nc(Cl)nc(NC2CCOC(C)(C)C2)c1N. The maximum Gasteiger partial charge on any atom is 0.224 e. The van der Waals surface area contributed by atoms with Gasteiger partial charge in [-0.25, -0.2) is 4.98 Å². The summed E-state index contributed by atoms with van der Waals surface area (Å²) in [5.41, 5.74) is 7.10. The molecular weight excluding hydrogens is 252 g/mol. The van der Waals surface area contributed by atoms with Crippen LogP contribution in [0.1, 0.15) is 32.4 Å². The van der Waals surface area contributed by atoms with Crippen molar-refractivity contribution < 1.29 is 4.74 Å². The molecule has 1 saturated heterocycles. The minimum absolute atomic E-state index is 0.115. The largest absolute Gasteiger partial charge is 0.394 e. The molecule has 6 heteroatoms. The highest BCUT2D eigenvalue weighted by Gasteiger charge is 2.29. The molecule has 1 atom stereocenters. The first-order valence-corrected chi connectivity index (χ1v) is 6.45. The number of nitrogens with two attached hydrogens (primary N) is 1. The van der Waals surface area contributed by atoms with Crippen LogP contribution in [0, 0.1) is 6.92 Å². The summed E-state index contributed by atoms with van der Waals surface area (Å²) in [4.78, 5) is 8.17. The second kappa shape index (κ2) is 4.90. The van der Waals surface area contributed by atoms with E-state index in [1.807, 2.05) is 6.92 Å². The lowest BCUT2D eigenvalue weighted by atomic mass is 9.94. The van der Waals surface area contributed by atoms with Crippen molar-refractivity contribution >= 4 is 23.1 Å². The van der Waals surface area contributed by atoms with Crippen molar-refractivity contribution in [2.24, 2.45) is 0 Å². The molecule has 0 radical (unpaired) electrons. The summed E-state index contributed by atoms with van der Waals surface area (Å²) >= 11 is 5.85. The molecular formula is C12H19ClN4O. The van der Waals surface area contributed by atoms with E-state index in [9.17, 15) is 0 Å². The number of nitrogen functional groups attached to an aromatic ring is 1. The van der Waals surface area contributed by atoms with Gasteiger partial charge in [0, 0.05) is 12.6 Å². The Morgan fingerprint density at radius 3 is 2.83 bits per heavy atom. The summed E-state index contributed by atoms with van der Waals surface area (Å²) in [6, 6.07) is 0.293. The summed E-state index contributed by atoms with van der Waals surface area (Å²) in [5.74, 6) is 0.621. The minimum Gasteiger partial charge on any atom is -0.394 e. The van der Waals surface area contributed by atoms with E-state index in [2.05, 4.69) is 29.1 Å². The zero-order valence-corrected chi connectivity index (χ0v) is 11.7. The Bertz CT molecular complexity index is 450. The fourth-order valence-corrected chi connectivity index (χ4v) is 2.42. The summed E-state index contributed by atoms with van der Waals surface area (Å²) in [6.45, 7) is 6.73. The Hall–Kier alpha value is -1.07. The normalized spacial score (nSPS) is 22.8. The van der Waals surface area contributed by atoms with Crippen molar-refractivity contribution in [3.8, 4) is 0 Å². The zero-order chi connectivity index (χ0) is 13.3. The van der Waals surface area contributed by atoms with Crippen LogP contribution in [0.5, 0.6) is 0 Å². The van der Waals surface area contributed by atoms with Crippen LogP contribution in [0.3, 0.4) is 0 Å². The lowest BCUT2D eigenvalue weighted by molar-refractivity contribution is -0.0553. The number of anilines is 2. The third kappa shape index (κ3) is 3.03. The van der Waals surface area contributed by atoms with Gasteiger partial charge in [0.1, 0.15) is 0 Å². The third-order valence-corrected chi connectivity index (χ3v) is 3.32. The van der Waals surface area contributed by atoms with Crippen LogP contribution in [0.15, 0.2) is 0 Å². The average molecular weight is 271 g/mol. The summed E-state index contributed by atoms with van der Waals surface area (Å²) < 4.78 is 5.68. The fourth-order valence-electron chi connectivity index (χ4n) is 2.21.